The van der Waals surface area contributed by atoms with Gasteiger partial charge < -0.3 is 10.2 Å². The standard InChI is InChI=1S/C12H18O.C7H8O/c1-8(2)10-6-5-7-11(13)12(10)9(3)4;1-6-4-2-3-5-7(6)8/h5-9,13H,1-4H3;2-5,8H,1H3. The van der Waals surface area contributed by atoms with Crippen molar-refractivity contribution >= 4 is 0 Å². The number of para-hydroxylation sites is 1. The van der Waals surface area contributed by atoms with Crippen molar-refractivity contribution in [1.29, 1.82) is 0 Å². The highest BCUT2D eigenvalue weighted by molar-refractivity contribution is 5.42. The van der Waals surface area contributed by atoms with Crippen molar-refractivity contribution in [2.75, 3.05) is 0 Å². The topological polar surface area (TPSA) is 40.5 Å². The van der Waals surface area contributed by atoms with E-state index >= 15 is 0 Å². The van der Waals surface area contributed by atoms with Gasteiger partial charge in [0.1, 0.15) is 11.5 Å². The molecule has 0 saturated carbocycles. The van der Waals surface area contributed by atoms with Gasteiger partial charge >= 0.3 is 0 Å². The number of phenolic OH excluding ortho intramolecular Hbond substituents is 2. The first kappa shape index (κ1) is 17.1. The number of benzene rings is 2. The van der Waals surface area contributed by atoms with Gasteiger partial charge in [0.05, 0.1) is 0 Å². The SMILES string of the molecule is CC(C)c1cccc(O)c1C(C)C.Cc1ccccc1O. The first-order valence-electron chi connectivity index (χ1n) is 7.41. The normalized spacial score (nSPS) is 10.4. The molecule has 0 fully saturated rings. The van der Waals surface area contributed by atoms with Gasteiger partial charge in [-0.05, 0) is 47.6 Å². The van der Waals surface area contributed by atoms with E-state index in [1.807, 2.05) is 31.2 Å². The molecule has 2 rings (SSSR count). The van der Waals surface area contributed by atoms with Crippen molar-refractivity contribution in [3.8, 4) is 11.5 Å². The average Bonchev–Trinajstić information content (AvgIpc) is 2.42. The second-order valence-corrected chi connectivity index (χ2v) is 5.88. The van der Waals surface area contributed by atoms with Gasteiger partial charge in [-0.3, -0.25) is 0 Å². The molecule has 0 bridgehead atoms. The molecule has 114 valence electrons. The van der Waals surface area contributed by atoms with Crippen LogP contribution in [-0.2, 0) is 0 Å². The molecule has 0 radical (unpaired) electrons. The van der Waals surface area contributed by atoms with Gasteiger partial charge in [0.15, 0.2) is 0 Å². The summed E-state index contributed by atoms with van der Waals surface area (Å²) in [5, 5.41) is 18.6. The van der Waals surface area contributed by atoms with Crippen LogP contribution in [0.1, 0.15) is 56.2 Å². The van der Waals surface area contributed by atoms with E-state index in [-0.39, 0.29) is 0 Å². The van der Waals surface area contributed by atoms with E-state index in [1.54, 1.807) is 12.1 Å². The Bertz CT molecular complexity index is 551. The molecule has 0 saturated heterocycles. The fourth-order valence-corrected chi connectivity index (χ4v) is 2.27. The molecule has 0 spiro atoms. The maximum Gasteiger partial charge on any atom is 0.119 e. The molecule has 0 aliphatic rings. The Kier molecular flexibility index (Phi) is 6.29. The Labute approximate surface area is 128 Å². The van der Waals surface area contributed by atoms with Crippen molar-refractivity contribution in [3.63, 3.8) is 0 Å². The van der Waals surface area contributed by atoms with Crippen LogP contribution >= 0.6 is 0 Å². The van der Waals surface area contributed by atoms with E-state index in [1.165, 1.54) is 5.56 Å². The zero-order valence-corrected chi connectivity index (χ0v) is 13.6. The summed E-state index contributed by atoms with van der Waals surface area (Å²) < 4.78 is 0. The third-order valence-corrected chi connectivity index (χ3v) is 3.43. The quantitative estimate of drug-likeness (QED) is 0.782. The minimum absolute atomic E-state index is 0.368. The molecule has 0 aromatic heterocycles. The van der Waals surface area contributed by atoms with E-state index in [9.17, 15) is 5.11 Å². The number of hydrogen-bond donors (Lipinski definition) is 2. The lowest BCUT2D eigenvalue weighted by atomic mass is 9.90. The molecule has 21 heavy (non-hydrogen) atoms. The summed E-state index contributed by atoms with van der Waals surface area (Å²) in [4.78, 5) is 0. The summed E-state index contributed by atoms with van der Waals surface area (Å²) in [6.07, 6.45) is 0. The van der Waals surface area contributed by atoms with Crippen LogP contribution in [0.2, 0.25) is 0 Å². The molecule has 2 aromatic carbocycles. The number of hydrogen-bond acceptors (Lipinski definition) is 2. The first-order chi connectivity index (χ1) is 9.84. The maximum atomic E-state index is 9.71. The lowest BCUT2D eigenvalue weighted by Gasteiger charge is -2.16. The Hall–Kier alpha value is -1.96. The van der Waals surface area contributed by atoms with Crippen LogP contribution in [0.5, 0.6) is 11.5 Å². The van der Waals surface area contributed by atoms with Crippen molar-refractivity contribution in [2.45, 2.75) is 46.5 Å². The smallest absolute Gasteiger partial charge is 0.119 e. The Morgan fingerprint density at radius 1 is 0.714 bits per heavy atom. The monoisotopic (exact) mass is 286 g/mol. The molecule has 0 unspecified atom stereocenters. The molecule has 0 amide bonds. The van der Waals surface area contributed by atoms with Crippen molar-refractivity contribution < 1.29 is 10.2 Å². The Morgan fingerprint density at radius 3 is 1.67 bits per heavy atom. The molecule has 0 heterocycles. The Balaban J connectivity index is 0.000000235. The summed E-state index contributed by atoms with van der Waals surface area (Å²) >= 11 is 0. The summed E-state index contributed by atoms with van der Waals surface area (Å²) in [6.45, 7) is 10.4. The molecule has 2 aromatic rings. The highest BCUT2D eigenvalue weighted by Crippen LogP contribution is 2.32. The predicted molar refractivity (Wildman–Crippen MR) is 89.1 cm³/mol. The second kappa shape index (κ2) is 7.72. The van der Waals surface area contributed by atoms with Gasteiger partial charge in [-0.15, -0.1) is 0 Å². The summed E-state index contributed by atoms with van der Waals surface area (Å²) in [5.74, 6) is 1.66. The van der Waals surface area contributed by atoms with Crippen LogP contribution in [0.3, 0.4) is 0 Å². The van der Waals surface area contributed by atoms with Crippen molar-refractivity contribution in [3.05, 3.63) is 59.2 Å². The van der Waals surface area contributed by atoms with E-state index in [4.69, 9.17) is 5.11 Å². The molecule has 2 N–H and O–H groups in total. The van der Waals surface area contributed by atoms with Gasteiger partial charge in [-0.2, -0.15) is 0 Å². The average molecular weight is 286 g/mol. The second-order valence-electron chi connectivity index (χ2n) is 5.88. The van der Waals surface area contributed by atoms with E-state index < -0.39 is 0 Å². The highest BCUT2D eigenvalue weighted by atomic mass is 16.3. The molecule has 0 atom stereocenters. The number of aryl methyl sites for hydroxylation is 1. The molecule has 0 aliphatic carbocycles. The van der Waals surface area contributed by atoms with E-state index in [2.05, 4.69) is 33.8 Å². The predicted octanol–water partition coefficient (Wildman–Crippen LogP) is 5.34. The fraction of sp³-hybridized carbons (Fsp3) is 0.368. The fourth-order valence-electron chi connectivity index (χ4n) is 2.27. The van der Waals surface area contributed by atoms with Crippen LogP contribution < -0.4 is 0 Å². The number of phenols is 2. The van der Waals surface area contributed by atoms with Gasteiger partial charge in [-0.25, -0.2) is 0 Å². The van der Waals surface area contributed by atoms with Crippen LogP contribution in [0.4, 0.5) is 0 Å². The van der Waals surface area contributed by atoms with E-state index in [0.29, 0.717) is 23.3 Å². The lowest BCUT2D eigenvalue weighted by Crippen LogP contribution is -1.98. The molecular weight excluding hydrogens is 260 g/mol. The molecule has 2 nitrogen and oxygen atoms in total. The van der Waals surface area contributed by atoms with Crippen molar-refractivity contribution in [1.82, 2.24) is 0 Å². The summed E-state index contributed by atoms with van der Waals surface area (Å²) in [5.41, 5.74) is 3.28. The van der Waals surface area contributed by atoms with Crippen LogP contribution in [-0.4, -0.2) is 10.2 Å². The van der Waals surface area contributed by atoms with Gasteiger partial charge in [0.25, 0.3) is 0 Å². The minimum Gasteiger partial charge on any atom is -0.508 e. The third-order valence-electron chi connectivity index (χ3n) is 3.43. The van der Waals surface area contributed by atoms with Crippen LogP contribution in [0.25, 0.3) is 0 Å². The summed E-state index contributed by atoms with van der Waals surface area (Å²) in [6, 6.07) is 13.0. The molecule has 2 heteroatoms. The van der Waals surface area contributed by atoms with Gasteiger partial charge in [0.2, 0.25) is 0 Å². The van der Waals surface area contributed by atoms with Gasteiger partial charge in [-0.1, -0.05) is 58.0 Å². The van der Waals surface area contributed by atoms with Crippen LogP contribution in [0.15, 0.2) is 42.5 Å². The van der Waals surface area contributed by atoms with Crippen LogP contribution in [0, 0.1) is 6.92 Å². The first-order valence-corrected chi connectivity index (χ1v) is 7.41. The third kappa shape index (κ3) is 4.82. The maximum absolute atomic E-state index is 9.71. The van der Waals surface area contributed by atoms with Crippen molar-refractivity contribution in [2.24, 2.45) is 0 Å². The summed E-state index contributed by atoms with van der Waals surface area (Å²) in [7, 11) is 0. The highest BCUT2D eigenvalue weighted by Gasteiger charge is 2.13. The lowest BCUT2D eigenvalue weighted by molar-refractivity contribution is 0.462. The van der Waals surface area contributed by atoms with E-state index in [0.717, 1.165) is 11.1 Å². The Morgan fingerprint density at radius 2 is 1.29 bits per heavy atom. The zero-order chi connectivity index (χ0) is 16.0. The molecular formula is C19H26O2. The largest absolute Gasteiger partial charge is 0.508 e. The number of aromatic hydroxyl groups is 2. The number of rotatable bonds is 2. The van der Waals surface area contributed by atoms with Gasteiger partial charge in [0, 0.05) is 0 Å². The molecule has 0 aliphatic heterocycles. The zero-order valence-electron chi connectivity index (χ0n) is 13.6. The minimum atomic E-state index is 0.368.